The summed E-state index contributed by atoms with van der Waals surface area (Å²) in [5, 5.41) is 10.4. The van der Waals surface area contributed by atoms with Crippen molar-refractivity contribution < 1.29 is 14.7 Å². The second-order valence-electron chi connectivity index (χ2n) is 9.57. The summed E-state index contributed by atoms with van der Waals surface area (Å²) in [5.41, 5.74) is 0.426. The molecule has 5 aliphatic carbocycles. The number of aliphatic hydroxyl groups excluding tert-OH is 1. The lowest BCUT2D eigenvalue weighted by molar-refractivity contribution is -0.197. The molecule has 0 amide bonds. The van der Waals surface area contributed by atoms with Crippen molar-refractivity contribution in [2.45, 2.75) is 65.4 Å². The zero-order valence-electron chi connectivity index (χ0n) is 14.5. The first-order chi connectivity index (χ1) is 10.6. The van der Waals surface area contributed by atoms with Crippen LogP contribution in [0.2, 0.25) is 0 Å². The molecule has 2 bridgehead atoms. The summed E-state index contributed by atoms with van der Waals surface area (Å²) >= 11 is 0. The number of allylic oxidation sites excluding steroid dienone is 1. The van der Waals surface area contributed by atoms with Crippen molar-refractivity contribution in [2.24, 2.45) is 34.0 Å². The summed E-state index contributed by atoms with van der Waals surface area (Å²) in [6, 6.07) is 0. The highest BCUT2D eigenvalue weighted by molar-refractivity contribution is 5.90. The van der Waals surface area contributed by atoms with E-state index >= 15 is 0 Å². The van der Waals surface area contributed by atoms with Gasteiger partial charge in [-0.25, -0.2) is 0 Å². The molecular weight excluding hydrogens is 288 g/mol. The summed E-state index contributed by atoms with van der Waals surface area (Å²) in [6.07, 6.45) is 3.93. The fourth-order valence-corrected chi connectivity index (χ4v) is 7.12. The number of rotatable bonds is 0. The Bertz CT molecular complexity index is 618. The average Bonchev–Trinajstić information content (AvgIpc) is 2.45. The Morgan fingerprint density at radius 3 is 2.52 bits per heavy atom. The first kappa shape index (κ1) is 15.6. The van der Waals surface area contributed by atoms with Crippen LogP contribution in [0.3, 0.4) is 0 Å². The molecule has 5 aliphatic rings. The van der Waals surface area contributed by atoms with Crippen molar-refractivity contribution in [3.8, 4) is 0 Å². The van der Waals surface area contributed by atoms with Crippen LogP contribution < -0.4 is 0 Å². The number of fused-ring (bicyclic) bond motifs is 3. The van der Waals surface area contributed by atoms with E-state index in [2.05, 4.69) is 13.5 Å². The number of carbonyl (C=O) groups excluding carboxylic acids is 2. The van der Waals surface area contributed by atoms with E-state index in [0.717, 1.165) is 25.7 Å². The van der Waals surface area contributed by atoms with Crippen molar-refractivity contribution in [3.05, 3.63) is 12.2 Å². The van der Waals surface area contributed by atoms with Crippen LogP contribution in [-0.2, 0) is 9.59 Å². The van der Waals surface area contributed by atoms with Crippen molar-refractivity contribution >= 4 is 11.6 Å². The second kappa shape index (κ2) is 4.36. The topological polar surface area (TPSA) is 54.4 Å². The molecule has 0 aromatic carbocycles. The van der Waals surface area contributed by atoms with Gasteiger partial charge in [0.25, 0.3) is 0 Å². The molecule has 5 rings (SSSR count). The first-order valence-electron chi connectivity index (χ1n) is 9.05. The van der Waals surface area contributed by atoms with Gasteiger partial charge in [-0.3, -0.25) is 9.59 Å². The Labute approximate surface area is 138 Å². The molecule has 3 heteroatoms. The molecule has 5 fully saturated rings. The van der Waals surface area contributed by atoms with Crippen LogP contribution >= 0.6 is 0 Å². The van der Waals surface area contributed by atoms with Gasteiger partial charge in [-0.1, -0.05) is 32.9 Å². The van der Waals surface area contributed by atoms with Gasteiger partial charge >= 0.3 is 0 Å². The quantitative estimate of drug-likeness (QED) is 0.698. The Kier molecular flexibility index (Phi) is 2.95. The van der Waals surface area contributed by atoms with Crippen LogP contribution in [0.5, 0.6) is 0 Å². The molecule has 0 aromatic heterocycles. The molecule has 1 N–H and O–H groups in total. The molecule has 0 aromatic rings. The summed E-state index contributed by atoms with van der Waals surface area (Å²) in [6.45, 7) is 10.5. The highest BCUT2D eigenvalue weighted by atomic mass is 16.3. The molecule has 3 nitrogen and oxygen atoms in total. The fraction of sp³-hybridized carbons (Fsp3) is 0.800. The van der Waals surface area contributed by atoms with Crippen molar-refractivity contribution in [3.63, 3.8) is 0 Å². The maximum atomic E-state index is 12.9. The van der Waals surface area contributed by atoms with Gasteiger partial charge in [-0.15, -0.1) is 0 Å². The van der Waals surface area contributed by atoms with Crippen LogP contribution in [0.1, 0.15) is 59.3 Å². The van der Waals surface area contributed by atoms with E-state index in [1.807, 2.05) is 13.8 Å². The normalized spacial score (nSPS) is 51.4. The minimum Gasteiger partial charge on any atom is -0.385 e. The van der Waals surface area contributed by atoms with Crippen LogP contribution in [0.4, 0.5) is 0 Å². The SMILES string of the molecule is C=C1C[C@]23CC[C@H]4C(C)(C)[C@@H](O)C(=O)C[C@]4(C)[C@H]2C[C@H]1CC3=O. The molecule has 0 saturated heterocycles. The van der Waals surface area contributed by atoms with E-state index in [1.54, 1.807) is 0 Å². The van der Waals surface area contributed by atoms with Crippen LogP contribution in [0.15, 0.2) is 12.2 Å². The summed E-state index contributed by atoms with van der Waals surface area (Å²) in [4.78, 5) is 25.4. The highest BCUT2D eigenvalue weighted by Crippen LogP contribution is 2.70. The fourth-order valence-electron chi connectivity index (χ4n) is 7.12. The molecule has 6 atom stereocenters. The largest absolute Gasteiger partial charge is 0.385 e. The van der Waals surface area contributed by atoms with E-state index in [0.29, 0.717) is 30.5 Å². The zero-order valence-corrected chi connectivity index (χ0v) is 14.5. The van der Waals surface area contributed by atoms with Gasteiger partial charge in [-0.05, 0) is 48.9 Å². The first-order valence-corrected chi connectivity index (χ1v) is 9.05. The summed E-state index contributed by atoms with van der Waals surface area (Å²) < 4.78 is 0. The lowest BCUT2D eigenvalue weighted by Crippen LogP contribution is -2.66. The maximum Gasteiger partial charge on any atom is 0.162 e. The number of aliphatic hydroxyl groups is 1. The van der Waals surface area contributed by atoms with Gasteiger partial charge in [0.2, 0.25) is 0 Å². The van der Waals surface area contributed by atoms with E-state index in [9.17, 15) is 14.7 Å². The maximum absolute atomic E-state index is 12.9. The Morgan fingerprint density at radius 1 is 1.13 bits per heavy atom. The van der Waals surface area contributed by atoms with Gasteiger partial charge in [0, 0.05) is 23.7 Å². The van der Waals surface area contributed by atoms with Crippen molar-refractivity contribution in [1.29, 1.82) is 0 Å². The lowest BCUT2D eigenvalue weighted by Gasteiger charge is -2.67. The van der Waals surface area contributed by atoms with Gasteiger partial charge < -0.3 is 5.11 Å². The number of Topliss-reactive ketones (excluding diaryl/α,β-unsaturated/α-hetero) is 2. The molecular formula is C20H28O3. The minimum absolute atomic E-state index is 0.0291. The molecule has 0 radical (unpaired) electrons. The predicted octanol–water partition coefficient (Wildman–Crippen LogP) is 3.30. The standard InChI is InChI=1S/C20H28O3/c1-11-9-20-6-5-14-18(2,3)17(23)13(21)10-19(14,4)15(20)7-12(11)8-16(20)22/h12,14-15,17,23H,1,5-10H2,2-4H3/t12-,14-,15+,17-,19-,20+/m0/s1. The highest BCUT2D eigenvalue weighted by Gasteiger charge is 2.68. The molecule has 5 saturated carbocycles. The monoisotopic (exact) mass is 316 g/mol. The number of carbonyl (C=O) groups is 2. The molecule has 0 aliphatic heterocycles. The molecule has 1 spiro atoms. The van der Waals surface area contributed by atoms with Crippen LogP contribution in [0, 0.1) is 34.0 Å². The average molecular weight is 316 g/mol. The second-order valence-corrected chi connectivity index (χ2v) is 9.57. The lowest BCUT2D eigenvalue weighted by atomic mass is 9.36. The van der Waals surface area contributed by atoms with Crippen LogP contribution in [0.25, 0.3) is 0 Å². The van der Waals surface area contributed by atoms with Gasteiger partial charge in [0.15, 0.2) is 5.78 Å². The smallest absolute Gasteiger partial charge is 0.162 e. The third-order valence-corrected chi connectivity index (χ3v) is 8.23. The number of hydrogen-bond acceptors (Lipinski definition) is 3. The van der Waals surface area contributed by atoms with Crippen molar-refractivity contribution in [2.75, 3.05) is 0 Å². The third kappa shape index (κ3) is 1.70. The molecule has 0 unspecified atom stereocenters. The molecule has 0 heterocycles. The van der Waals surface area contributed by atoms with Gasteiger partial charge in [-0.2, -0.15) is 0 Å². The Morgan fingerprint density at radius 2 is 1.83 bits per heavy atom. The van der Waals surface area contributed by atoms with Gasteiger partial charge in [0.05, 0.1) is 0 Å². The number of hydrogen-bond donors (Lipinski definition) is 1. The number of ketones is 2. The zero-order chi connectivity index (χ0) is 16.8. The Hall–Kier alpha value is -0.960. The van der Waals surface area contributed by atoms with E-state index in [-0.39, 0.29) is 22.5 Å². The molecule has 126 valence electrons. The van der Waals surface area contributed by atoms with E-state index in [4.69, 9.17) is 0 Å². The van der Waals surface area contributed by atoms with Crippen LogP contribution in [-0.4, -0.2) is 22.8 Å². The molecule has 23 heavy (non-hydrogen) atoms. The minimum atomic E-state index is -0.860. The van der Waals surface area contributed by atoms with E-state index < -0.39 is 11.5 Å². The summed E-state index contributed by atoms with van der Waals surface area (Å²) in [7, 11) is 0. The predicted molar refractivity (Wildman–Crippen MR) is 87.7 cm³/mol. The van der Waals surface area contributed by atoms with E-state index in [1.165, 1.54) is 5.57 Å². The Balaban J connectivity index is 1.82. The summed E-state index contributed by atoms with van der Waals surface area (Å²) in [5.74, 6) is 1.29. The third-order valence-electron chi connectivity index (χ3n) is 8.23. The van der Waals surface area contributed by atoms with Crippen molar-refractivity contribution in [1.82, 2.24) is 0 Å². The van der Waals surface area contributed by atoms with Gasteiger partial charge in [0.1, 0.15) is 11.9 Å².